The van der Waals surface area contributed by atoms with Crippen LogP contribution in [0.5, 0.6) is 0 Å². The first-order valence-electron chi connectivity index (χ1n) is 7.19. The van der Waals surface area contributed by atoms with Crippen molar-refractivity contribution in [3.05, 3.63) is 0 Å². The molecule has 0 radical (unpaired) electrons. The van der Waals surface area contributed by atoms with E-state index < -0.39 is 5.41 Å². The summed E-state index contributed by atoms with van der Waals surface area (Å²) < 4.78 is 5.38. The Morgan fingerprint density at radius 1 is 1.26 bits per heavy atom. The molecule has 19 heavy (non-hydrogen) atoms. The predicted molar refractivity (Wildman–Crippen MR) is 78.9 cm³/mol. The largest absolute Gasteiger partial charge is 0.392 e. The smallest absolute Gasteiger partial charge is 0.236 e. The molecule has 2 aliphatic rings. The number of rotatable bonds is 2. The molecule has 0 saturated carbocycles. The maximum atomic E-state index is 13.0. The van der Waals surface area contributed by atoms with Crippen molar-refractivity contribution < 1.29 is 9.53 Å². The fourth-order valence-electron chi connectivity index (χ4n) is 3.35. The van der Waals surface area contributed by atoms with Crippen LogP contribution in [0.3, 0.4) is 0 Å². The highest BCUT2D eigenvalue weighted by atomic mass is 32.1. The highest BCUT2D eigenvalue weighted by molar-refractivity contribution is 7.80. The van der Waals surface area contributed by atoms with Gasteiger partial charge in [0.2, 0.25) is 5.91 Å². The molecule has 0 aromatic rings. The Kier molecular flexibility index (Phi) is 4.46. The zero-order chi connectivity index (χ0) is 14.0. The maximum Gasteiger partial charge on any atom is 0.236 e. The lowest BCUT2D eigenvalue weighted by atomic mass is 9.77. The zero-order valence-electron chi connectivity index (χ0n) is 11.9. The molecule has 4 nitrogen and oxygen atoms in total. The van der Waals surface area contributed by atoms with E-state index in [0.29, 0.717) is 31.0 Å². The second-order valence-corrected chi connectivity index (χ2v) is 6.34. The minimum atomic E-state index is -0.673. The van der Waals surface area contributed by atoms with Crippen LogP contribution in [0.25, 0.3) is 0 Å². The Hall–Kier alpha value is -0.680. The monoisotopic (exact) mass is 284 g/mol. The number of amides is 1. The molecule has 2 N–H and O–H groups in total. The standard InChI is InChI=1S/C14H24N2O2S/c1-10-4-3-5-11(2)16(10)13(17)14(12(15)19)6-8-18-9-7-14/h10-11H,3-9H2,1-2H3,(H2,15,19). The molecule has 0 aromatic heterocycles. The van der Waals surface area contributed by atoms with Crippen LogP contribution in [-0.4, -0.2) is 41.1 Å². The van der Waals surface area contributed by atoms with E-state index in [1.165, 1.54) is 6.42 Å². The van der Waals surface area contributed by atoms with Crippen molar-refractivity contribution in [2.75, 3.05) is 13.2 Å². The van der Waals surface area contributed by atoms with Crippen molar-refractivity contribution >= 4 is 23.1 Å². The van der Waals surface area contributed by atoms with E-state index in [-0.39, 0.29) is 18.0 Å². The molecule has 5 heteroatoms. The minimum absolute atomic E-state index is 0.128. The highest BCUT2D eigenvalue weighted by Crippen LogP contribution is 2.36. The molecule has 2 fully saturated rings. The lowest BCUT2D eigenvalue weighted by Crippen LogP contribution is -2.58. The first-order chi connectivity index (χ1) is 8.99. The van der Waals surface area contributed by atoms with Gasteiger partial charge in [-0.2, -0.15) is 0 Å². The van der Waals surface area contributed by atoms with Gasteiger partial charge in [0, 0.05) is 25.3 Å². The van der Waals surface area contributed by atoms with Gasteiger partial charge in [-0.1, -0.05) is 12.2 Å². The molecule has 2 aliphatic heterocycles. The van der Waals surface area contributed by atoms with E-state index in [9.17, 15) is 4.79 Å². The average Bonchev–Trinajstić information content (AvgIpc) is 2.39. The van der Waals surface area contributed by atoms with Gasteiger partial charge < -0.3 is 15.4 Å². The van der Waals surface area contributed by atoms with Gasteiger partial charge in [0.1, 0.15) is 5.41 Å². The third kappa shape index (κ3) is 2.63. The molecule has 1 amide bonds. The molecule has 0 aromatic carbocycles. The molecule has 0 spiro atoms. The zero-order valence-corrected chi connectivity index (χ0v) is 12.7. The topological polar surface area (TPSA) is 55.6 Å². The number of carbonyl (C=O) groups is 1. The number of carbonyl (C=O) groups excluding carboxylic acids is 1. The number of piperidine rings is 1. The minimum Gasteiger partial charge on any atom is -0.392 e. The van der Waals surface area contributed by atoms with Gasteiger partial charge in [0.25, 0.3) is 0 Å². The number of likely N-dealkylation sites (tertiary alicyclic amines) is 1. The summed E-state index contributed by atoms with van der Waals surface area (Å²) in [5.41, 5.74) is 5.26. The Labute approximate surface area is 120 Å². The van der Waals surface area contributed by atoms with E-state index in [0.717, 1.165) is 12.8 Å². The summed E-state index contributed by atoms with van der Waals surface area (Å²) >= 11 is 5.23. The van der Waals surface area contributed by atoms with Crippen LogP contribution in [0.2, 0.25) is 0 Å². The van der Waals surface area contributed by atoms with Crippen molar-refractivity contribution in [3.63, 3.8) is 0 Å². The summed E-state index contributed by atoms with van der Waals surface area (Å²) in [4.78, 5) is 15.4. The van der Waals surface area contributed by atoms with Crippen LogP contribution in [0.15, 0.2) is 0 Å². The maximum absolute atomic E-state index is 13.0. The number of nitrogens with two attached hydrogens (primary N) is 1. The summed E-state index contributed by atoms with van der Waals surface area (Å²) in [6.07, 6.45) is 4.57. The third-order valence-electron chi connectivity index (χ3n) is 4.66. The van der Waals surface area contributed by atoms with Crippen molar-refractivity contribution in [3.8, 4) is 0 Å². The van der Waals surface area contributed by atoms with Crippen molar-refractivity contribution in [2.24, 2.45) is 11.1 Å². The number of nitrogens with zero attached hydrogens (tertiary/aromatic N) is 1. The van der Waals surface area contributed by atoms with Crippen LogP contribution >= 0.6 is 12.2 Å². The summed E-state index contributed by atoms with van der Waals surface area (Å²) in [5.74, 6) is 0.128. The SMILES string of the molecule is CC1CCCC(C)N1C(=O)C1(C(N)=S)CCOCC1. The van der Waals surface area contributed by atoms with Crippen LogP contribution in [-0.2, 0) is 9.53 Å². The third-order valence-corrected chi connectivity index (χ3v) is 5.05. The summed E-state index contributed by atoms with van der Waals surface area (Å²) in [6, 6.07) is 0.565. The van der Waals surface area contributed by atoms with E-state index in [2.05, 4.69) is 13.8 Å². The second kappa shape index (κ2) is 5.75. The van der Waals surface area contributed by atoms with E-state index in [1.54, 1.807) is 0 Å². The van der Waals surface area contributed by atoms with Crippen molar-refractivity contribution in [1.82, 2.24) is 4.90 Å². The van der Waals surface area contributed by atoms with Gasteiger partial charge in [0.15, 0.2) is 0 Å². The first-order valence-corrected chi connectivity index (χ1v) is 7.60. The van der Waals surface area contributed by atoms with Crippen molar-refractivity contribution in [2.45, 2.75) is 58.0 Å². The van der Waals surface area contributed by atoms with Gasteiger partial charge >= 0.3 is 0 Å². The van der Waals surface area contributed by atoms with Gasteiger partial charge in [-0.15, -0.1) is 0 Å². The highest BCUT2D eigenvalue weighted by Gasteiger charge is 2.47. The molecule has 2 rings (SSSR count). The molecule has 2 heterocycles. The second-order valence-electron chi connectivity index (χ2n) is 5.90. The van der Waals surface area contributed by atoms with Crippen LogP contribution in [0.1, 0.15) is 46.0 Å². The lowest BCUT2D eigenvalue weighted by molar-refractivity contribution is -0.148. The summed E-state index contributed by atoms with van der Waals surface area (Å²) in [7, 11) is 0. The van der Waals surface area contributed by atoms with Crippen LogP contribution in [0, 0.1) is 5.41 Å². The van der Waals surface area contributed by atoms with Gasteiger partial charge in [-0.25, -0.2) is 0 Å². The van der Waals surface area contributed by atoms with Gasteiger partial charge in [0.05, 0.1) is 4.99 Å². The number of ether oxygens (including phenoxy) is 1. The molecule has 108 valence electrons. The average molecular weight is 284 g/mol. The van der Waals surface area contributed by atoms with E-state index in [4.69, 9.17) is 22.7 Å². The molecule has 2 atom stereocenters. The predicted octanol–water partition coefficient (Wildman–Crippen LogP) is 1.86. The molecule has 0 aliphatic carbocycles. The first kappa shape index (κ1) is 14.7. The Morgan fingerprint density at radius 2 is 1.79 bits per heavy atom. The fourth-order valence-corrected chi connectivity index (χ4v) is 3.65. The Morgan fingerprint density at radius 3 is 2.26 bits per heavy atom. The summed E-state index contributed by atoms with van der Waals surface area (Å²) in [6.45, 7) is 5.39. The molecular formula is C14H24N2O2S. The molecular weight excluding hydrogens is 260 g/mol. The van der Waals surface area contributed by atoms with E-state index >= 15 is 0 Å². The quantitative estimate of drug-likeness (QED) is 0.786. The summed E-state index contributed by atoms with van der Waals surface area (Å²) in [5, 5.41) is 0. The van der Waals surface area contributed by atoms with Gasteiger partial charge in [-0.3, -0.25) is 4.79 Å². The number of hydrogen-bond acceptors (Lipinski definition) is 3. The van der Waals surface area contributed by atoms with Gasteiger partial charge in [-0.05, 0) is 46.0 Å². The number of thiocarbonyl (C=S) groups is 1. The van der Waals surface area contributed by atoms with Crippen molar-refractivity contribution in [1.29, 1.82) is 0 Å². The molecule has 0 bridgehead atoms. The van der Waals surface area contributed by atoms with Crippen LogP contribution < -0.4 is 5.73 Å². The Bertz CT molecular complexity index is 356. The fraction of sp³-hybridized carbons (Fsp3) is 0.857. The normalized spacial score (nSPS) is 30.9. The van der Waals surface area contributed by atoms with Crippen LogP contribution in [0.4, 0.5) is 0 Å². The van der Waals surface area contributed by atoms with E-state index in [1.807, 2.05) is 4.90 Å². The molecule has 2 saturated heterocycles. The molecule has 2 unspecified atom stereocenters. The number of hydrogen-bond donors (Lipinski definition) is 1. The Balaban J connectivity index is 2.26. The lowest BCUT2D eigenvalue weighted by Gasteiger charge is -2.46.